The molecule has 0 fully saturated rings. The summed E-state index contributed by atoms with van der Waals surface area (Å²) in [5.41, 5.74) is 1.72. The van der Waals surface area contributed by atoms with Crippen molar-refractivity contribution in [3.05, 3.63) is 33.5 Å². The zero-order valence-corrected chi connectivity index (χ0v) is 24.0. The Hall–Kier alpha value is 0.222. The fourth-order valence-electron chi connectivity index (χ4n) is 4.18. The van der Waals surface area contributed by atoms with Crippen LogP contribution >= 0.6 is 0 Å². The molecule has 28 heavy (non-hydrogen) atoms. The van der Waals surface area contributed by atoms with Crippen molar-refractivity contribution in [2.45, 2.75) is 81.2 Å². The second-order valence-electron chi connectivity index (χ2n) is 8.27. The third kappa shape index (κ3) is 5.89. The SMILES string of the molecule is C=CC[Si](C)(C)C1=[C]([Pt]([CH3])([CH3])[CH3])CC=C1C(CC)[Si](OCC)(OCC)OCC. The van der Waals surface area contributed by atoms with E-state index in [1.54, 1.807) is 9.16 Å². The third-order valence-corrected chi connectivity index (χ3v) is 17.8. The topological polar surface area (TPSA) is 27.7 Å². The normalized spacial score (nSPS) is 17.7. The Morgan fingerprint density at radius 1 is 1.04 bits per heavy atom. The maximum absolute atomic E-state index is 6.36. The van der Waals surface area contributed by atoms with E-state index in [2.05, 4.69) is 75.5 Å². The van der Waals surface area contributed by atoms with E-state index in [1.165, 1.54) is 5.57 Å². The van der Waals surface area contributed by atoms with Gasteiger partial charge in [0, 0.05) is 0 Å². The zero-order valence-electron chi connectivity index (χ0n) is 19.7. The molecule has 0 radical (unpaired) electrons. The van der Waals surface area contributed by atoms with Crippen LogP contribution in [0.25, 0.3) is 0 Å². The van der Waals surface area contributed by atoms with Crippen molar-refractivity contribution in [3.63, 3.8) is 0 Å². The van der Waals surface area contributed by atoms with Gasteiger partial charge in [-0.2, -0.15) is 0 Å². The molecule has 1 atom stereocenters. The van der Waals surface area contributed by atoms with Gasteiger partial charge in [0.25, 0.3) is 0 Å². The molecule has 1 aliphatic carbocycles. The van der Waals surface area contributed by atoms with Gasteiger partial charge >= 0.3 is 181 Å². The second-order valence-corrected chi connectivity index (χ2v) is 27.3. The van der Waals surface area contributed by atoms with Crippen LogP contribution in [0.3, 0.4) is 0 Å². The van der Waals surface area contributed by atoms with E-state index in [9.17, 15) is 0 Å². The molecule has 1 rings (SSSR count). The van der Waals surface area contributed by atoms with Crippen LogP contribution in [0.1, 0.15) is 40.5 Å². The molecule has 0 aromatic heterocycles. The summed E-state index contributed by atoms with van der Waals surface area (Å²) in [6.07, 6.45) is 6.74. The van der Waals surface area contributed by atoms with Crippen LogP contribution in [0.15, 0.2) is 33.5 Å². The summed E-state index contributed by atoms with van der Waals surface area (Å²) in [7, 11) is -4.45. The molecule has 0 aromatic rings. The number of hydrogen-bond acceptors (Lipinski definition) is 3. The molecule has 0 N–H and O–H groups in total. The molecule has 168 valence electrons. The van der Waals surface area contributed by atoms with Gasteiger partial charge in [0.05, 0.1) is 0 Å². The Kier molecular flexibility index (Phi) is 10.3. The fraction of sp³-hybridized carbons (Fsp3) is 0.727. The van der Waals surface area contributed by atoms with E-state index in [0.717, 1.165) is 18.9 Å². The van der Waals surface area contributed by atoms with Crippen molar-refractivity contribution in [1.82, 2.24) is 0 Å². The first-order valence-corrected chi connectivity index (χ1v) is 23.3. The molecule has 0 saturated carbocycles. The predicted molar refractivity (Wildman–Crippen MR) is 124 cm³/mol. The molecule has 1 unspecified atom stereocenters. The van der Waals surface area contributed by atoms with Crippen LogP contribution in [0.5, 0.6) is 0 Å². The summed E-state index contributed by atoms with van der Waals surface area (Å²) in [6, 6.07) is 1.11. The Balaban J connectivity index is 3.61. The minimum atomic E-state index is -2.81. The Morgan fingerprint density at radius 2 is 1.54 bits per heavy atom. The monoisotopic (exact) mass is 607 g/mol. The van der Waals surface area contributed by atoms with Crippen molar-refractivity contribution in [2.75, 3.05) is 19.8 Å². The molecule has 0 spiro atoms. The first-order valence-electron chi connectivity index (χ1n) is 10.4. The Labute approximate surface area is 180 Å². The van der Waals surface area contributed by atoms with Gasteiger partial charge in [-0.3, -0.25) is 0 Å². The molecule has 6 heteroatoms. The summed E-state index contributed by atoms with van der Waals surface area (Å²) >= 11 is -1.89. The molecule has 0 saturated heterocycles. The van der Waals surface area contributed by atoms with Crippen LogP contribution in [0.4, 0.5) is 0 Å². The van der Waals surface area contributed by atoms with Gasteiger partial charge in [-0.1, -0.05) is 0 Å². The van der Waals surface area contributed by atoms with Gasteiger partial charge < -0.3 is 0 Å². The van der Waals surface area contributed by atoms with E-state index in [4.69, 9.17) is 13.3 Å². The summed E-state index contributed by atoms with van der Waals surface area (Å²) in [4.78, 5) is 0. The van der Waals surface area contributed by atoms with Gasteiger partial charge in [-0.15, -0.1) is 0 Å². The molecule has 0 amide bonds. The van der Waals surface area contributed by atoms with Crippen molar-refractivity contribution < 1.29 is 29.3 Å². The molecule has 0 aromatic carbocycles. The van der Waals surface area contributed by atoms with E-state index in [-0.39, 0.29) is 5.54 Å². The average Bonchev–Trinajstić information content (AvgIpc) is 3.02. The number of hydrogen-bond donors (Lipinski definition) is 0. The van der Waals surface area contributed by atoms with Gasteiger partial charge in [0.2, 0.25) is 0 Å². The molecule has 3 nitrogen and oxygen atoms in total. The molecule has 0 heterocycles. The van der Waals surface area contributed by atoms with E-state index in [1.807, 2.05) is 0 Å². The summed E-state index contributed by atoms with van der Waals surface area (Å²) in [5, 5.41) is 9.27. The van der Waals surface area contributed by atoms with Gasteiger partial charge in [0.1, 0.15) is 0 Å². The zero-order chi connectivity index (χ0) is 21.6. The first kappa shape index (κ1) is 26.3. The van der Waals surface area contributed by atoms with Crippen LogP contribution in [-0.4, -0.2) is 36.7 Å². The quantitative estimate of drug-likeness (QED) is 0.165. The number of allylic oxidation sites excluding steroid dienone is 5. The van der Waals surface area contributed by atoms with E-state index >= 15 is 0 Å². The van der Waals surface area contributed by atoms with E-state index < -0.39 is 32.9 Å². The summed E-state index contributed by atoms with van der Waals surface area (Å²) in [5.74, 6) is 0. The van der Waals surface area contributed by atoms with Gasteiger partial charge in [-0.05, 0) is 0 Å². The fourth-order valence-corrected chi connectivity index (χ4v) is 18.2. The molecule has 0 bridgehead atoms. The molecular formula is C22H44O3PtSi2. The van der Waals surface area contributed by atoms with Gasteiger partial charge in [-0.25, -0.2) is 0 Å². The Bertz CT molecular complexity index is 574. The minimum absolute atomic E-state index is 0.222. The van der Waals surface area contributed by atoms with Crippen LogP contribution in [0.2, 0.25) is 40.6 Å². The standard InChI is InChI=1S/C19H35O3Si2.3CH3.Pt/c1-8-16-23(6,7)19-15-13-14-17(19)18(9-2)24(20-10-3,21-11-4)22-12-5;;;;/h8,14,18H,1,9-13,16H2,2-7H3;3*1H3;. The number of rotatable bonds is 13. The Morgan fingerprint density at radius 3 is 1.89 bits per heavy atom. The van der Waals surface area contributed by atoms with Crippen molar-refractivity contribution in [2.24, 2.45) is 0 Å². The van der Waals surface area contributed by atoms with E-state index in [0.29, 0.717) is 19.8 Å². The molecule has 0 aliphatic heterocycles. The van der Waals surface area contributed by atoms with Crippen LogP contribution < -0.4 is 0 Å². The molecular weight excluding hydrogens is 563 g/mol. The average molecular weight is 608 g/mol. The van der Waals surface area contributed by atoms with Gasteiger partial charge in [0.15, 0.2) is 0 Å². The summed E-state index contributed by atoms with van der Waals surface area (Å²) < 4.78 is 20.8. The first-order chi connectivity index (χ1) is 13.0. The summed E-state index contributed by atoms with van der Waals surface area (Å²) in [6.45, 7) is 19.4. The van der Waals surface area contributed by atoms with Crippen LogP contribution in [0, 0.1) is 0 Å². The van der Waals surface area contributed by atoms with Crippen molar-refractivity contribution in [1.29, 1.82) is 0 Å². The van der Waals surface area contributed by atoms with Crippen molar-refractivity contribution in [3.8, 4) is 0 Å². The second kappa shape index (κ2) is 11.0. The maximum atomic E-state index is 6.36. The molecule has 1 aliphatic rings. The van der Waals surface area contributed by atoms with Crippen molar-refractivity contribution >= 4 is 16.9 Å². The van der Waals surface area contributed by atoms with Crippen LogP contribution in [-0.2, 0) is 29.3 Å². The third-order valence-electron chi connectivity index (χ3n) is 5.18. The predicted octanol–water partition coefficient (Wildman–Crippen LogP) is 7.13.